The van der Waals surface area contributed by atoms with Crippen molar-refractivity contribution in [3.05, 3.63) is 64.7 Å². The summed E-state index contributed by atoms with van der Waals surface area (Å²) >= 11 is 0. The lowest BCUT2D eigenvalue weighted by Crippen LogP contribution is -2.38. The third-order valence-electron chi connectivity index (χ3n) is 4.36. The van der Waals surface area contributed by atoms with Crippen LogP contribution >= 0.6 is 0 Å². The van der Waals surface area contributed by atoms with Gasteiger partial charge in [0.25, 0.3) is 5.91 Å². The highest BCUT2D eigenvalue weighted by atomic mass is 16.2. The van der Waals surface area contributed by atoms with Crippen LogP contribution in [0.25, 0.3) is 0 Å². The number of rotatable bonds is 4. The van der Waals surface area contributed by atoms with E-state index in [1.165, 1.54) is 11.1 Å². The second-order valence-corrected chi connectivity index (χ2v) is 6.31. The molecule has 24 heavy (non-hydrogen) atoms. The number of benzene rings is 2. The van der Waals surface area contributed by atoms with Gasteiger partial charge in [-0.2, -0.15) is 5.10 Å². The molecule has 124 valence electrons. The second kappa shape index (κ2) is 7.30. The Balaban J connectivity index is 1.59. The summed E-state index contributed by atoms with van der Waals surface area (Å²) in [4.78, 5) is 14.3. The van der Waals surface area contributed by atoms with E-state index < -0.39 is 0 Å². The molecule has 4 nitrogen and oxygen atoms in total. The van der Waals surface area contributed by atoms with Crippen LogP contribution in [-0.2, 0) is 11.2 Å². The summed E-state index contributed by atoms with van der Waals surface area (Å²) in [6.45, 7) is 5.35. The van der Waals surface area contributed by atoms with Gasteiger partial charge in [-0.3, -0.25) is 4.79 Å². The van der Waals surface area contributed by atoms with Crippen LogP contribution < -0.4 is 10.3 Å². The zero-order valence-electron chi connectivity index (χ0n) is 14.2. The first-order valence-electron chi connectivity index (χ1n) is 8.35. The van der Waals surface area contributed by atoms with Crippen LogP contribution in [0.15, 0.2) is 47.6 Å². The van der Waals surface area contributed by atoms with Gasteiger partial charge in [0.15, 0.2) is 0 Å². The molecule has 1 aliphatic heterocycles. The van der Waals surface area contributed by atoms with E-state index in [0.29, 0.717) is 6.54 Å². The first-order chi connectivity index (χ1) is 11.6. The predicted octanol–water partition coefficient (Wildman–Crippen LogP) is 3.21. The number of nitrogens with zero attached hydrogens (tertiary/aromatic N) is 2. The van der Waals surface area contributed by atoms with E-state index in [-0.39, 0.29) is 5.91 Å². The first-order valence-corrected chi connectivity index (χ1v) is 8.35. The summed E-state index contributed by atoms with van der Waals surface area (Å²) in [6.07, 6.45) is 3.87. The maximum atomic E-state index is 12.2. The molecule has 0 fully saturated rings. The zero-order chi connectivity index (χ0) is 16.9. The summed E-state index contributed by atoms with van der Waals surface area (Å²) in [5.41, 5.74) is 8.51. The van der Waals surface area contributed by atoms with E-state index in [9.17, 15) is 4.79 Å². The van der Waals surface area contributed by atoms with Crippen LogP contribution in [-0.4, -0.2) is 25.2 Å². The molecule has 2 aromatic carbocycles. The van der Waals surface area contributed by atoms with Gasteiger partial charge in [0, 0.05) is 12.2 Å². The minimum atomic E-state index is -0.0901. The Bertz CT molecular complexity index is 767. The normalized spacial score (nSPS) is 13.8. The Kier molecular flexibility index (Phi) is 4.94. The molecule has 3 rings (SSSR count). The minimum Gasteiger partial charge on any atom is -0.362 e. The molecule has 1 amide bonds. The van der Waals surface area contributed by atoms with Crippen LogP contribution in [0.2, 0.25) is 0 Å². The number of hydrogen-bond donors (Lipinski definition) is 1. The Hall–Kier alpha value is -2.62. The Morgan fingerprint density at radius 3 is 2.92 bits per heavy atom. The van der Waals surface area contributed by atoms with Gasteiger partial charge in [-0.1, -0.05) is 42.0 Å². The largest absolute Gasteiger partial charge is 0.362 e. The van der Waals surface area contributed by atoms with Crippen LogP contribution in [0.3, 0.4) is 0 Å². The fraction of sp³-hybridized carbons (Fsp3) is 0.300. The number of aryl methyl sites for hydroxylation is 3. The average Bonchev–Trinajstić information content (AvgIpc) is 2.57. The molecule has 0 radical (unpaired) electrons. The number of hydrazone groups is 1. The Labute approximate surface area is 143 Å². The topological polar surface area (TPSA) is 44.7 Å². The van der Waals surface area contributed by atoms with Crippen LogP contribution in [0.4, 0.5) is 5.69 Å². The number of carbonyl (C=O) groups excluding carboxylic acids is 1. The number of amides is 1. The fourth-order valence-electron chi connectivity index (χ4n) is 3.13. The molecular weight excluding hydrogens is 298 g/mol. The molecule has 1 aliphatic rings. The SMILES string of the molecule is Cc1ccc(/C=N\NC(=O)CN2CCCc3ccccc32)c(C)c1. The van der Waals surface area contributed by atoms with Gasteiger partial charge in [0.05, 0.1) is 12.8 Å². The number of carbonyl (C=O) groups is 1. The van der Waals surface area contributed by atoms with E-state index in [0.717, 1.165) is 36.2 Å². The monoisotopic (exact) mass is 321 g/mol. The molecule has 0 atom stereocenters. The number of anilines is 1. The summed E-state index contributed by atoms with van der Waals surface area (Å²) in [5.74, 6) is -0.0901. The lowest BCUT2D eigenvalue weighted by molar-refractivity contribution is -0.119. The third-order valence-corrected chi connectivity index (χ3v) is 4.36. The lowest BCUT2D eigenvalue weighted by atomic mass is 10.0. The summed E-state index contributed by atoms with van der Waals surface area (Å²) < 4.78 is 0. The average molecular weight is 321 g/mol. The second-order valence-electron chi connectivity index (χ2n) is 6.31. The molecule has 1 N–H and O–H groups in total. The molecule has 0 unspecified atom stereocenters. The van der Waals surface area contributed by atoms with Crippen LogP contribution in [0.1, 0.15) is 28.7 Å². The maximum Gasteiger partial charge on any atom is 0.259 e. The van der Waals surface area contributed by atoms with Gasteiger partial charge in [0.1, 0.15) is 0 Å². The summed E-state index contributed by atoms with van der Waals surface area (Å²) in [7, 11) is 0. The zero-order valence-corrected chi connectivity index (χ0v) is 14.2. The van der Waals surface area contributed by atoms with Crippen LogP contribution in [0.5, 0.6) is 0 Å². The van der Waals surface area contributed by atoms with Crippen molar-refractivity contribution in [3.8, 4) is 0 Å². The Morgan fingerprint density at radius 2 is 2.08 bits per heavy atom. The number of hydrogen-bond acceptors (Lipinski definition) is 3. The smallest absolute Gasteiger partial charge is 0.259 e. The molecule has 0 aliphatic carbocycles. The van der Waals surface area contributed by atoms with Crippen molar-refractivity contribution in [2.45, 2.75) is 26.7 Å². The number of nitrogens with one attached hydrogen (secondary N) is 1. The molecule has 0 saturated heterocycles. The summed E-state index contributed by atoms with van der Waals surface area (Å²) in [5, 5.41) is 4.10. The van der Waals surface area contributed by atoms with Crippen molar-refractivity contribution >= 4 is 17.8 Å². The minimum absolute atomic E-state index is 0.0901. The molecule has 0 bridgehead atoms. The fourth-order valence-corrected chi connectivity index (χ4v) is 3.13. The van der Waals surface area contributed by atoms with E-state index in [1.807, 2.05) is 25.1 Å². The molecule has 1 heterocycles. The molecule has 0 spiro atoms. The predicted molar refractivity (Wildman–Crippen MR) is 98.6 cm³/mol. The third kappa shape index (κ3) is 3.82. The van der Waals surface area contributed by atoms with Gasteiger partial charge in [-0.25, -0.2) is 5.43 Å². The van der Waals surface area contributed by atoms with Crippen molar-refractivity contribution in [2.75, 3.05) is 18.0 Å². The van der Waals surface area contributed by atoms with E-state index in [2.05, 4.69) is 46.6 Å². The number of fused-ring (bicyclic) bond motifs is 1. The van der Waals surface area contributed by atoms with Crippen molar-refractivity contribution in [1.82, 2.24) is 5.43 Å². The van der Waals surface area contributed by atoms with Crippen molar-refractivity contribution in [1.29, 1.82) is 0 Å². The highest BCUT2D eigenvalue weighted by Gasteiger charge is 2.18. The van der Waals surface area contributed by atoms with Gasteiger partial charge in [0.2, 0.25) is 0 Å². The number of para-hydroxylation sites is 1. The maximum absolute atomic E-state index is 12.2. The van der Waals surface area contributed by atoms with Gasteiger partial charge >= 0.3 is 0 Å². The van der Waals surface area contributed by atoms with Crippen molar-refractivity contribution < 1.29 is 4.79 Å². The molecular formula is C20H23N3O. The van der Waals surface area contributed by atoms with Gasteiger partial charge < -0.3 is 4.90 Å². The van der Waals surface area contributed by atoms with E-state index in [1.54, 1.807) is 6.21 Å². The molecule has 0 saturated carbocycles. The van der Waals surface area contributed by atoms with Gasteiger partial charge in [-0.15, -0.1) is 0 Å². The first kappa shape index (κ1) is 16.2. The quantitative estimate of drug-likeness (QED) is 0.694. The van der Waals surface area contributed by atoms with E-state index >= 15 is 0 Å². The summed E-state index contributed by atoms with van der Waals surface area (Å²) in [6, 6.07) is 14.5. The molecule has 0 aromatic heterocycles. The van der Waals surface area contributed by atoms with E-state index in [4.69, 9.17) is 0 Å². The standard InChI is InChI=1S/C20H23N3O/c1-15-9-10-18(16(2)12-15)13-21-22-20(24)14-23-11-5-7-17-6-3-4-8-19(17)23/h3-4,6,8-10,12-13H,5,7,11,14H2,1-2H3,(H,22,24)/b21-13-. The molecule has 2 aromatic rings. The Morgan fingerprint density at radius 1 is 1.25 bits per heavy atom. The van der Waals surface area contributed by atoms with Crippen molar-refractivity contribution in [3.63, 3.8) is 0 Å². The van der Waals surface area contributed by atoms with Crippen molar-refractivity contribution in [2.24, 2.45) is 5.10 Å². The highest BCUT2D eigenvalue weighted by Crippen LogP contribution is 2.26. The van der Waals surface area contributed by atoms with Gasteiger partial charge in [-0.05, 0) is 49.4 Å². The highest BCUT2D eigenvalue weighted by molar-refractivity contribution is 5.85. The van der Waals surface area contributed by atoms with Crippen LogP contribution in [0, 0.1) is 13.8 Å². The lowest BCUT2D eigenvalue weighted by Gasteiger charge is -2.30. The molecule has 4 heteroatoms.